The van der Waals surface area contributed by atoms with Crippen LogP contribution in [0.25, 0.3) is 10.9 Å². The number of benzene rings is 1. The van der Waals surface area contributed by atoms with Gasteiger partial charge in [0, 0.05) is 6.04 Å². The fourth-order valence-electron chi connectivity index (χ4n) is 1.88. The number of hydrogen-bond donors (Lipinski definition) is 2. The standard InChI is InChI=1S/C13H13N5O3/c19-11(15-13(21)14-8-5-6-8)7-18-12(20)9-3-1-2-4-10(9)16-17-18/h1-4,8H,5-7H2,(H2,14,15,19,21). The Morgan fingerprint density at radius 2 is 2.05 bits per heavy atom. The van der Waals surface area contributed by atoms with Gasteiger partial charge < -0.3 is 5.32 Å². The van der Waals surface area contributed by atoms with Gasteiger partial charge in [0.2, 0.25) is 5.91 Å². The van der Waals surface area contributed by atoms with E-state index in [0.29, 0.717) is 10.9 Å². The van der Waals surface area contributed by atoms with Crippen molar-refractivity contribution in [3.63, 3.8) is 0 Å². The normalized spacial score (nSPS) is 13.9. The van der Waals surface area contributed by atoms with Gasteiger partial charge in [-0.05, 0) is 25.0 Å². The number of imide groups is 1. The quantitative estimate of drug-likeness (QED) is 0.811. The maximum absolute atomic E-state index is 12.1. The van der Waals surface area contributed by atoms with E-state index >= 15 is 0 Å². The summed E-state index contributed by atoms with van der Waals surface area (Å²) >= 11 is 0. The van der Waals surface area contributed by atoms with E-state index < -0.39 is 17.5 Å². The van der Waals surface area contributed by atoms with Gasteiger partial charge in [0.25, 0.3) is 5.56 Å². The van der Waals surface area contributed by atoms with Crippen molar-refractivity contribution in [3.8, 4) is 0 Å². The molecular weight excluding hydrogens is 274 g/mol. The minimum Gasteiger partial charge on any atom is -0.335 e. The van der Waals surface area contributed by atoms with Crippen LogP contribution < -0.4 is 16.2 Å². The summed E-state index contributed by atoms with van der Waals surface area (Å²) in [5.74, 6) is -0.611. The van der Waals surface area contributed by atoms with Crippen molar-refractivity contribution in [1.29, 1.82) is 0 Å². The number of hydrogen-bond acceptors (Lipinski definition) is 5. The summed E-state index contributed by atoms with van der Waals surface area (Å²) in [4.78, 5) is 35.3. The second-order valence-corrected chi connectivity index (χ2v) is 4.87. The van der Waals surface area contributed by atoms with Crippen molar-refractivity contribution in [2.75, 3.05) is 0 Å². The number of nitrogens with one attached hydrogen (secondary N) is 2. The van der Waals surface area contributed by atoms with Crippen LogP contribution in [0.4, 0.5) is 4.79 Å². The van der Waals surface area contributed by atoms with Crippen LogP contribution >= 0.6 is 0 Å². The highest BCUT2D eigenvalue weighted by Gasteiger charge is 2.24. The summed E-state index contributed by atoms with van der Waals surface area (Å²) in [7, 11) is 0. The van der Waals surface area contributed by atoms with Crippen LogP contribution in [0.3, 0.4) is 0 Å². The monoisotopic (exact) mass is 287 g/mol. The SMILES string of the molecule is O=C(Cn1nnc2ccccc2c1=O)NC(=O)NC1CC1. The van der Waals surface area contributed by atoms with Gasteiger partial charge in [-0.1, -0.05) is 17.3 Å². The summed E-state index contributed by atoms with van der Waals surface area (Å²) in [6.07, 6.45) is 1.86. The Morgan fingerprint density at radius 3 is 2.81 bits per heavy atom. The molecule has 1 aromatic heterocycles. The van der Waals surface area contributed by atoms with Gasteiger partial charge in [0.15, 0.2) is 0 Å². The maximum atomic E-state index is 12.1. The lowest BCUT2D eigenvalue weighted by Crippen LogP contribution is -2.43. The van der Waals surface area contributed by atoms with Crippen LogP contribution in [0.5, 0.6) is 0 Å². The lowest BCUT2D eigenvalue weighted by atomic mass is 10.2. The third-order valence-electron chi connectivity index (χ3n) is 3.09. The first-order chi connectivity index (χ1) is 10.1. The molecule has 1 aliphatic carbocycles. The molecule has 1 aliphatic rings. The summed E-state index contributed by atoms with van der Waals surface area (Å²) in [6, 6.07) is 6.33. The van der Waals surface area contributed by atoms with Gasteiger partial charge >= 0.3 is 6.03 Å². The van der Waals surface area contributed by atoms with E-state index in [-0.39, 0.29) is 12.6 Å². The van der Waals surface area contributed by atoms with E-state index in [9.17, 15) is 14.4 Å². The predicted molar refractivity (Wildman–Crippen MR) is 73.5 cm³/mol. The Balaban J connectivity index is 1.72. The van der Waals surface area contributed by atoms with Gasteiger partial charge in [-0.25, -0.2) is 9.48 Å². The smallest absolute Gasteiger partial charge is 0.321 e. The third-order valence-corrected chi connectivity index (χ3v) is 3.09. The predicted octanol–water partition coefficient (Wildman–Crippen LogP) is -0.220. The van der Waals surface area contributed by atoms with Gasteiger partial charge in [-0.2, -0.15) is 0 Å². The molecule has 0 radical (unpaired) electrons. The van der Waals surface area contributed by atoms with E-state index in [1.807, 2.05) is 0 Å². The molecule has 2 aromatic rings. The molecule has 3 amide bonds. The Morgan fingerprint density at radius 1 is 1.29 bits per heavy atom. The van der Waals surface area contributed by atoms with Crippen molar-refractivity contribution in [3.05, 3.63) is 34.6 Å². The molecule has 0 unspecified atom stereocenters. The van der Waals surface area contributed by atoms with E-state index in [1.54, 1.807) is 24.3 Å². The molecule has 0 saturated heterocycles. The minimum absolute atomic E-state index is 0.154. The zero-order valence-electron chi connectivity index (χ0n) is 11.1. The number of amides is 3. The third kappa shape index (κ3) is 3.04. The van der Waals surface area contributed by atoms with E-state index in [2.05, 4.69) is 20.9 Å². The number of carbonyl (C=O) groups excluding carboxylic acids is 2. The topological polar surface area (TPSA) is 106 Å². The summed E-state index contributed by atoms with van der Waals surface area (Å²) in [5, 5.41) is 12.7. The Hall–Kier alpha value is -2.77. The fraction of sp³-hybridized carbons (Fsp3) is 0.308. The second-order valence-electron chi connectivity index (χ2n) is 4.87. The summed E-state index contributed by atoms with van der Waals surface area (Å²) in [5.41, 5.74) is 0.0454. The molecule has 0 aliphatic heterocycles. The van der Waals surface area contributed by atoms with Crippen LogP contribution in [0.15, 0.2) is 29.1 Å². The van der Waals surface area contributed by atoms with Crippen molar-refractivity contribution >= 4 is 22.8 Å². The molecule has 0 bridgehead atoms. The van der Waals surface area contributed by atoms with Crippen molar-refractivity contribution in [2.45, 2.75) is 25.4 Å². The largest absolute Gasteiger partial charge is 0.335 e. The number of fused-ring (bicyclic) bond motifs is 1. The minimum atomic E-state index is -0.611. The molecule has 1 heterocycles. The molecule has 21 heavy (non-hydrogen) atoms. The molecule has 0 atom stereocenters. The van der Waals surface area contributed by atoms with Gasteiger partial charge in [0.05, 0.1) is 5.39 Å². The number of nitrogens with zero attached hydrogens (tertiary/aromatic N) is 3. The van der Waals surface area contributed by atoms with Crippen LogP contribution in [-0.4, -0.2) is 33.0 Å². The lowest BCUT2D eigenvalue weighted by Gasteiger charge is -2.06. The molecule has 8 nitrogen and oxygen atoms in total. The molecule has 0 spiro atoms. The van der Waals surface area contributed by atoms with Crippen LogP contribution in [0.1, 0.15) is 12.8 Å². The van der Waals surface area contributed by atoms with Crippen LogP contribution in [0.2, 0.25) is 0 Å². The zero-order chi connectivity index (χ0) is 14.8. The number of carbonyl (C=O) groups is 2. The molecular formula is C13H13N5O3. The van der Waals surface area contributed by atoms with E-state index in [0.717, 1.165) is 17.5 Å². The summed E-state index contributed by atoms with van der Waals surface area (Å²) in [6.45, 7) is -0.352. The van der Waals surface area contributed by atoms with Crippen LogP contribution in [0, 0.1) is 0 Å². The Labute approximate surface area is 119 Å². The van der Waals surface area contributed by atoms with Crippen molar-refractivity contribution in [1.82, 2.24) is 25.6 Å². The maximum Gasteiger partial charge on any atom is 0.321 e. The fourth-order valence-corrected chi connectivity index (χ4v) is 1.88. The molecule has 2 N–H and O–H groups in total. The first kappa shape index (κ1) is 13.2. The highest BCUT2D eigenvalue weighted by molar-refractivity contribution is 5.94. The second kappa shape index (κ2) is 5.31. The Bertz CT molecular complexity index is 766. The van der Waals surface area contributed by atoms with E-state index in [4.69, 9.17) is 0 Å². The zero-order valence-corrected chi connectivity index (χ0v) is 11.1. The molecule has 3 rings (SSSR count). The van der Waals surface area contributed by atoms with Gasteiger partial charge in [-0.15, -0.1) is 5.10 Å². The first-order valence-corrected chi connectivity index (χ1v) is 6.56. The highest BCUT2D eigenvalue weighted by atomic mass is 16.2. The van der Waals surface area contributed by atoms with Crippen LogP contribution in [-0.2, 0) is 11.3 Å². The molecule has 108 valence electrons. The first-order valence-electron chi connectivity index (χ1n) is 6.56. The average Bonchev–Trinajstić information content (AvgIpc) is 3.26. The molecule has 1 saturated carbocycles. The number of rotatable bonds is 3. The van der Waals surface area contributed by atoms with Crippen molar-refractivity contribution < 1.29 is 9.59 Å². The molecule has 1 fully saturated rings. The van der Waals surface area contributed by atoms with E-state index in [1.165, 1.54) is 0 Å². The summed E-state index contributed by atoms with van der Waals surface area (Å²) < 4.78 is 0.933. The number of aromatic nitrogens is 3. The average molecular weight is 287 g/mol. The molecule has 1 aromatic carbocycles. The number of urea groups is 1. The lowest BCUT2D eigenvalue weighted by molar-refractivity contribution is -0.120. The van der Waals surface area contributed by atoms with Gasteiger partial charge in [-0.3, -0.25) is 14.9 Å². The van der Waals surface area contributed by atoms with Gasteiger partial charge in [0.1, 0.15) is 12.1 Å². The highest BCUT2D eigenvalue weighted by Crippen LogP contribution is 2.18. The molecule has 8 heteroatoms. The Kier molecular flexibility index (Phi) is 3.35. The van der Waals surface area contributed by atoms with Crippen molar-refractivity contribution in [2.24, 2.45) is 0 Å².